The summed E-state index contributed by atoms with van der Waals surface area (Å²) in [6, 6.07) is 21.3. The van der Waals surface area contributed by atoms with Gasteiger partial charge in [0.05, 0.1) is 6.04 Å². The van der Waals surface area contributed by atoms with Crippen LogP contribution >= 0.6 is 11.8 Å². The molecule has 2 saturated heterocycles. The van der Waals surface area contributed by atoms with E-state index in [0.717, 1.165) is 36.8 Å². The molecule has 3 nitrogen and oxygen atoms in total. The lowest BCUT2D eigenvalue weighted by molar-refractivity contribution is 0.147. The highest BCUT2D eigenvalue weighted by Gasteiger charge is 2.43. The summed E-state index contributed by atoms with van der Waals surface area (Å²) in [7, 11) is 0. The number of urea groups is 1. The molecule has 4 heteroatoms. The van der Waals surface area contributed by atoms with Crippen molar-refractivity contribution in [2.24, 2.45) is 0 Å². The van der Waals surface area contributed by atoms with Crippen molar-refractivity contribution < 1.29 is 4.79 Å². The summed E-state index contributed by atoms with van der Waals surface area (Å²) < 4.78 is 0. The van der Waals surface area contributed by atoms with E-state index >= 15 is 0 Å². The number of benzene rings is 2. The van der Waals surface area contributed by atoms with Gasteiger partial charge in [-0.05, 0) is 43.1 Å². The number of fused-ring (bicyclic) bond motifs is 2. The maximum Gasteiger partial charge on any atom is 0.318 e. The standard InChI is InChI=1S/C22H26N2OS/c1-26-20-14-18-12-13-19(15-20)24(18)22(25)23-21(16-8-4-2-5-9-16)17-10-6-3-7-11-17/h2-11,18-21H,12-15H2,1H3,(H,23,25)/t18-,19+,20?. The van der Waals surface area contributed by atoms with Gasteiger partial charge in [0, 0.05) is 17.3 Å². The Hall–Kier alpha value is -1.94. The number of nitrogens with zero attached hydrogens (tertiary/aromatic N) is 1. The first-order valence-corrected chi connectivity index (χ1v) is 10.8. The molecular formula is C22H26N2OS. The van der Waals surface area contributed by atoms with E-state index in [1.54, 1.807) is 0 Å². The van der Waals surface area contributed by atoms with E-state index < -0.39 is 0 Å². The Morgan fingerprint density at radius 1 is 0.962 bits per heavy atom. The molecule has 26 heavy (non-hydrogen) atoms. The van der Waals surface area contributed by atoms with Crippen molar-refractivity contribution >= 4 is 17.8 Å². The molecule has 0 aliphatic carbocycles. The van der Waals surface area contributed by atoms with E-state index in [1.807, 2.05) is 48.2 Å². The zero-order valence-electron chi connectivity index (χ0n) is 15.2. The van der Waals surface area contributed by atoms with Crippen LogP contribution in [0, 0.1) is 0 Å². The zero-order valence-corrected chi connectivity index (χ0v) is 16.0. The quantitative estimate of drug-likeness (QED) is 0.839. The Morgan fingerprint density at radius 2 is 1.46 bits per heavy atom. The van der Waals surface area contributed by atoms with Gasteiger partial charge < -0.3 is 10.2 Å². The highest BCUT2D eigenvalue weighted by molar-refractivity contribution is 7.99. The Labute approximate surface area is 160 Å². The predicted molar refractivity (Wildman–Crippen MR) is 108 cm³/mol. The summed E-state index contributed by atoms with van der Waals surface area (Å²) >= 11 is 1.96. The number of piperidine rings is 1. The molecule has 2 amide bonds. The van der Waals surface area contributed by atoms with Gasteiger partial charge in [0.2, 0.25) is 0 Å². The molecule has 2 aromatic carbocycles. The van der Waals surface area contributed by atoms with Gasteiger partial charge in [-0.1, -0.05) is 60.7 Å². The number of thioether (sulfide) groups is 1. The normalized spacial score (nSPS) is 24.7. The van der Waals surface area contributed by atoms with Crippen LogP contribution in [0.1, 0.15) is 42.9 Å². The third-order valence-corrected chi connectivity index (χ3v) is 6.84. The van der Waals surface area contributed by atoms with E-state index in [-0.39, 0.29) is 12.1 Å². The average molecular weight is 367 g/mol. The maximum absolute atomic E-state index is 13.2. The highest BCUT2D eigenvalue weighted by Crippen LogP contribution is 2.39. The Bertz CT molecular complexity index is 683. The summed E-state index contributed by atoms with van der Waals surface area (Å²) in [4.78, 5) is 15.4. The number of nitrogens with one attached hydrogen (secondary N) is 1. The van der Waals surface area contributed by atoms with Crippen molar-refractivity contribution in [3.8, 4) is 0 Å². The lowest BCUT2D eigenvalue weighted by Crippen LogP contribution is -2.52. The van der Waals surface area contributed by atoms with Crippen molar-refractivity contribution in [1.82, 2.24) is 10.2 Å². The third kappa shape index (κ3) is 3.48. The lowest BCUT2D eigenvalue weighted by atomic mass is 9.98. The molecule has 2 aliphatic rings. The molecule has 136 valence electrons. The molecule has 1 N–H and O–H groups in total. The summed E-state index contributed by atoms with van der Waals surface area (Å²) in [5.41, 5.74) is 2.25. The fourth-order valence-electron chi connectivity index (χ4n) is 4.50. The number of carbonyl (C=O) groups is 1. The first kappa shape index (κ1) is 17.5. The molecule has 2 heterocycles. The van der Waals surface area contributed by atoms with Gasteiger partial charge >= 0.3 is 6.03 Å². The number of hydrogen-bond donors (Lipinski definition) is 1. The molecule has 4 rings (SSSR count). The topological polar surface area (TPSA) is 32.3 Å². The second kappa shape index (κ2) is 7.75. The molecule has 2 bridgehead atoms. The van der Waals surface area contributed by atoms with Crippen LogP contribution in [0.2, 0.25) is 0 Å². The fourth-order valence-corrected chi connectivity index (χ4v) is 5.33. The molecule has 3 atom stereocenters. The monoisotopic (exact) mass is 366 g/mol. The van der Waals surface area contributed by atoms with E-state index in [0.29, 0.717) is 17.3 Å². The first-order valence-electron chi connectivity index (χ1n) is 9.47. The van der Waals surface area contributed by atoms with Crippen LogP contribution in [0.25, 0.3) is 0 Å². The minimum absolute atomic E-state index is 0.0924. The SMILES string of the molecule is CSC1C[C@H]2CC[C@@H](C1)N2C(=O)NC(c1ccccc1)c1ccccc1. The summed E-state index contributed by atoms with van der Waals surface area (Å²) in [5.74, 6) is 0. The molecule has 2 fully saturated rings. The Morgan fingerprint density at radius 3 is 1.92 bits per heavy atom. The van der Waals surface area contributed by atoms with E-state index in [1.165, 1.54) is 0 Å². The minimum atomic E-state index is -0.109. The molecule has 0 radical (unpaired) electrons. The largest absolute Gasteiger partial charge is 0.327 e. The molecule has 0 aromatic heterocycles. The maximum atomic E-state index is 13.2. The smallest absolute Gasteiger partial charge is 0.318 e. The highest BCUT2D eigenvalue weighted by atomic mass is 32.2. The van der Waals surface area contributed by atoms with Crippen molar-refractivity contribution in [3.63, 3.8) is 0 Å². The van der Waals surface area contributed by atoms with Gasteiger partial charge in [-0.3, -0.25) is 0 Å². The molecule has 0 saturated carbocycles. The molecule has 0 spiro atoms. The van der Waals surface area contributed by atoms with Gasteiger partial charge in [0.1, 0.15) is 0 Å². The van der Waals surface area contributed by atoms with Crippen molar-refractivity contribution in [2.45, 2.75) is 49.1 Å². The average Bonchev–Trinajstić information content (AvgIpc) is 2.97. The van der Waals surface area contributed by atoms with Gasteiger partial charge in [-0.15, -0.1) is 0 Å². The van der Waals surface area contributed by atoms with Crippen LogP contribution in [0.4, 0.5) is 4.79 Å². The Kier molecular flexibility index (Phi) is 5.21. The number of hydrogen-bond acceptors (Lipinski definition) is 2. The van der Waals surface area contributed by atoms with Crippen molar-refractivity contribution in [3.05, 3.63) is 71.8 Å². The zero-order chi connectivity index (χ0) is 17.9. The predicted octanol–water partition coefficient (Wildman–Crippen LogP) is 4.84. The van der Waals surface area contributed by atoms with Gasteiger partial charge in [0.25, 0.3) is 0 Å². The van der Waals surface area contributed by atoms with E-state index in [9.17, 15) is 4.79 Å². The van der Waals surface area contributed by atoms with Crippen LogP contribution in [-0.4, -0.2) is 34.5 Å². The first-order chi connectivity index (χ1) is 12.8. The van der Waals surface area contributed by atoms with Crippen LogP contribution in [-0.2, 0) is 0 Å². The van der Waals surface area contributed by atoms with Crippen LogP contribution < -0.4 is 5.32 Å². The molecule has 2 aliphatic heterocycles. The van der Waals surface area contributed by atoms with Crippen LogP contribution in [0.3, 0.4) is 0 Å². The number of rotatable bonds is 4. The molecule has 2 aromatic rings. The summed E-state index contributed by atoms with van der Waals surface area (Å²) in [5, 5.41) is 4.04. The minimum Gasteiger partial charge on any atom is -0.327 e. The second-order valence-corrected chi connectivity index (χ2v) is 8.46. The van der Waals surface area contributed by atoms with E-state index in [4.69, 9.17) is 0 Å². The van der Waals surface area contributed by atoms with Crippen LogP contribution in [0.15, 0.2) is 60.7 Å². The number of carbonyl (C=O) groups excluding carboxylic acids is 1. The van der Waals surface area contributed by atoms with Crippen molar-refractivity contribution in [1.29, 1.82) is 0 Å². The summed E-state index contributed by atoms with van der Waals surface area (Å²) in [6.45, 7) is 0. The van der Waals surface area contributed by atoms with Crippen LogP contribution in [0.5, 0.6) is 0 Å². The van der Waals surface area contributed by atoms with Gasteiger partial charge in [0.15, 0.2) is 0 Å². The van der Waals surface area contributed by atoms with E-state index in [2.05, 4.69) is 40.7 Å². The number of amides is 2. The second-order valence-electron chi connectivity index (χ2n) is 7.33. The van der Waals surface area contributed by atoms with Gasteiger partial charge in [-0.25, -0.2) is 4.79 Å². The van der Waals surface area contributed by atoms with Crippen molar-refractivity contribution in [2.75, 3.05) is 6.26 Å². The van der Waals surface area contributed by atoms with Gasteiger partial charge in [-0.2, -0.15) is 11.8 Å². The fraction of sp³-hybridized carbons (Fsp3) is 0.409. The molecule has 1 unspecified atom stereocenters. The molecular weight excluding hydrogens is 340 g/mol. The third-order valence-electron chi connectivity index (χ3n) is 5.79. The Balaban J connectivity index is 1.56. The summed E-state index contributed by atoms with van der Waals surface area (Å²) in [6.07, 6.45) is 6.76. The lowest BCUT2D eigenvalue weighted by Gasteiger charge is -2.39.